The molecule has 6 heteroatoms. The summed E-state index contributed by atoms with van der Waals surface area (Å²) in [5, 5.41) is 2.70. The van der Waals surface area contributed by atoms with Crippen molar-refractivity contribution in [3.05, 3.63) is 44.0 Å². The van der Waals surface area contributed by atoms with Gasteiger partial charge in [-0.25, -0.2) is 4.98 Å². The number of hydrogen-bond acceptors (Lipinski definition) is 3. The number of amides is 1. The van der Waals surface area contributed by atoms with Crippen LogP contribution in [0.25, 0.3) is 0 Å². The van der Waals surface area contributed by atoms with E-state index in [2.05, 4.69) is 48.8 Å². The summed E-state index contributed by atoms with van der Waals surface area (Å²) in [5.74, 6) is 0.479. The average molecular weight is 407 g/mol. The molecule has 2 heterocycles. The number of aromatic nitrogens is 1. The minimum atomic E-state index is -0.312. The second kappa shape index (κ2) is 5.18. The topological polar surface area (TPSA) is 55.1 Å². The average Bonchev–Trinajstić information content (AvgIpc) is 2.69. The summed E-state index contributed by atoms with van der Waals surface area (Å²) >= 11 is 5.32. The molecule has 4 nitrogen and oxygen atoms in total. The van der Waals surface area contributed by atoms with Crippen LogP contribution in [-0.4, -0.2) is 10.9 Å². The quantitative estimate of drug-likeness (QED) is 0.775. The van der Waals surface area contributed by atoms with E-state index in [1.165, 1.54) is 0 Å². The van der Waals surface area contributed by atoms with Crippen LogP contribution >= 0.6 is 38.5 Å². The lowest BCUT2D eigenvalue weighted by Gasteiger charge is -2.05. The van der Waals surface area contributed by atoms with Gasteiger partial charge in [0.15, 0.2) is 10.4 Å². The molecule has 1 N–H and O–H groups in total. The lowest BCUT2D eigenvalue weighted by atomic mass is 10.3. The first-order valence-electron chi connectivity index (χ1n) is 4.75. The first-order chi connectivity index (χ1) is 8.06. The predicted molar refractivity (Wildman–Crippen MR) is 76.1 cm³/mol. The zero-order valence-electron chi connectivity index (χ0n) is 8.83. The SMILES string of the molecule is Cc1cc(I)cnc1NC(=O)c1ccc(Br)o1. The third kappa shape index (κ3) is 3.06. The van der Waals surface area contributed by atoms with Crippen molar-refractivity contribution in [2.75, 3.05) is 5.32 Å². The molecule has 17 heavy (non-hydrogen) atoms. The van der Waals surface area contributed by atoms with Gasteiger partial charge < -0.3 is 9.73 Å². The fraction of sp³-hybridized carbons (Fsp3) is 0.0909. The van der Waals surface area contributed by atoms with E-state index in [-0.39, 0.29) is 11.7 Å². The Labute approximate surface area is 120 Å². The molecule has 2 aromatic rings. The Bertz CT molecular complexity index is 568. The number of nitrogens with zero attached hydrogens (tertiary/aromatic N) is 1. The molecule has 0 saturated carbocycles. The summed E-state index contributed by atoms with van der Waals surface area (Å²) in [6, 6.07) is 5.21. The molecule has 0 radical (unpaired) electrons. The van der Waals surface area contributed by atoms with Crippen molar-refractivity contribution < 1.29 is 9.21 Å². The molecule has 1 amide bonds. The molecule has 0 saturated heterocycles. The highest BCUT2D eigenvalue weighted by Crippen LogP contribution is 2.18. The number of aryl methyl sites for hydroxylation is 1. The number of carbonyl (C=O) groups is 1. The predicted octanol–water partition coefficient (Wildman–Crippen LogP) is 3.60. The van der Waals surface area contributed by atoms with Gasteiger partial charge in [0.1, 0.15) is 5.82 Å². The summed E-state index contributed by atoms with van der Waals surface area (Å²) in [4.78, 5) is 16.0. The van der Waals surface area contributed by atoms with Crippen molar-refractivity contribution in [1.29, 1.82) is 0 Å². The molecule has 0 fully saturated rings. The maximum absolute atomic E-state index is 11.8. The molecule has 0 aliphatic rings. The van der Waals surface area contributed by atoms with E-state index in [0.717, 1.165) is 9.13 Å². The van der Waals surface area contributed by atoms with Crippen molar-refractivity contribution in [3.63, 3.8) is 0 Å². The lowest BCUT2D eigenvalue weighted by molar-refractivity contribution is 0.0995. The fourth-order valence-electron chi connectivity index (χ4n) is 1.28. The van der Waals surface area contributed by atoms with Crippen molar-refractivity contribution >= 4 is 50.2 Å². The van der Waals surface area contributed by atoms with E-state index in [4.69, 9.17) is 4.42 Å². The molecule has 0 spiro atoms. The number of hydrogen-bond donors (Lipinski definition) is 1. The van der Waals surface area contributed by atoms with Crippen LogP contribution in [-0.2, 0) is 0 Å². The first kappa shape index (κ1) is 12.6. The highest BCUT2D eigenvalue weighted by Gasteiger charge is 2.12. The lowest BCUT2D eigenvalue weighted by Crippen LogP contribution is -2.13. The zero-order chi connectivity index (χ0) is 12.4. The van der Waals surface area contributed by atoms with Gasteiger partial charge in [-0.05, 0) is 69.2 Å². The monoisotopic (exact) mass is 406 g/mol. The second-order valence-electron chi connectivity index (χ2n) is 3.38. The van der Waals surface area contributed by atoms with E-state index in [9.17, 15) is 4.79 Å². The number of halogens is 2. The van der Waals surface area contributed by atoms with Crippen LogP contribution in [0.2, 0.25) is 0 Å². The largest absolute Gasteiger partial charge is 0.444 e. The van der Waals surface area contributed by atoms with E-state index in [0.29, 0.717) is 10.5 Å². The van der Waals surface area contributed by atoms with Crippen LogP contribution in [0.1, 0.15) is 16.1 Å². The van der Waals surface area contributed by atoms with Crippen molar-refractivity contribution in [1.82, 2.24) is 4.98 Å². The van der Waals surface area contributed by atoms with E-state index in [1.54, 1.807) is 18.3 Å². The van der Waals surface area contributed by atoms with Gasteiger partial charge in [0.2, 0.25) is 0 Å². The highest BCUT2D eigenvalue weighted by atomic mass is 127. The Kier molecular flexibility index (Phi) is 3.82. The van der Waals surface area contributed by atoms with Crippen LogP contribution in [0.3, 0.4) is 0 Å². The molecule has 0 bridgehead atoms. The molecule has 0 aliphatic carbocycles. The number of anilines is 1. The van der Waals surface area contributed by atoms with E-state index >= 15 is 0 Å². The van der Waals surface area contributed by atoms with Gasteiger partial charge in [0.05, 0.1) is 0 Å². The minimum Gasteiger partial charge on any atom is -0.444 e. The Morgan fingerprint density at radius 3 is 2.88 bits per heavy atom. The Balaban J connectivity index is 2.18. The van der Waals surface area contributed by atoms with Crippen LogP contribution in [0.5, 0.6) is 0 Å². The van der Waals surface area contributed by atoms with Crippen molar-refractivity contribution in [2.45, 2.75) is 6.92 Å². The number of carbonyl (C=O) groups excluding carboxylic acids is 1. The smallest absolute Gasteiger partial charge is 0.292 e. The van der Waals surface area contributed by atoms with Gasteiger partial charge in [0, 0.05) is 9.77 Å². The van der Waals surface area contributed by atoms with Gasteiger partial charge >= 0.3 is 0 Å². The Morgan fingerprint density at radius 2 is 2.29 bits per heavy atom. The summed E-state index contributed by atoms with van der Waals surface area (Å²) in [6.45, 7) is 1.89. The van der Waals surface area contributed by atoms with Crippen LogP contribution < -0.4 is 5.32 Å². The highest BCUT2D eigenvalue weighted by molar-refractivity contribution is 14.1. The maximum atomic E-state index is 11.8. The Hall–Kier alpha value is -0.890. The number of nitrogens with one attached hydrogen (secondary N) is 1. The summed E-state index contributed by atoms with van der Waals surface area (Å²) in [7, 11) is 0. The van der Waals surface area contributed by atoms with Gasteiger partial charge in [-0.3, -0.25) is 4.79 Å². The second-order valence-corrected chi connectivity index (χ2v) is 5.40. The van der Waals surface area contributed by atoms with Crippen LogP contribution in [0.15, 0.2) is 33.5 Å². The standard InChI is InChI=1S/C11H8BrIN2O2/c1-6-4-7(13)5-14-10(6)15-11(16)8-2-3-9(12)17-8/h2-5H,1H3,(H,14,15,16). The first-order valence-corrected chi connectivity index (χ1v) is 6.62. The molecule has 2 rings (SSSR count). The summed E-state index contributed by atoms with van der Waals surface area (Å²) in [6.07, 6.45) is 1.70. The fourth-order valence-corrected chi connectivity index (χ4v) is 2.19. The molecule has 0 atom stereocenters. The third-order valence-electron chi connectivity index (χ3n) is 2.07. The number of rotatable bonds is 2. The summed E-state index contributed by atoms with van der Waals surface area (Å²) < 4.78 is 6.71. The molecule has 88 valence electrons. The molecular formula is C11H8BrIN2O2. The minimum absolute atomic E-state index is 0.247. The Morgan fingerprint density at radius 1 is 1.53 bits per heavy atom. The van der Waals surface area contributed by atoms with Crippen LogP contribution in [0.4, 0.5) is 5.82 Å². The van der Waals surface area contributed by atoms with Gasteiger partial charge in [-0.2, -0.15) is 0 Å². The molecular weight excluding hydrogens is 399 g/mol. The maximum Gasteiger partial charge on any atom is 0.292 e. The zero-order valence-corrected chi connectivity index (χ0v) is 12.6. The van der Waals surface area contributed by atoms with E-state index < -0.39 is 0 Å². The normalized spacial score (nSPS) is 10.3. The molecule has 0 unspecified atom stereocenters. The van der Waals surface area contributed by atoms with E-state index in [1.807, 2.05) is 13.0 Å². The molecule has 0 aromatic carbocycles. The third-order valence-corrected chi connectivity index (χ3v) is 3.09. The van der Waals surface area contributed by atoms with Gasteiger partial charge in [-0.15, -0.1) is 0 Å². The molecule has 0 aliphatic heterocycles. The van der Waals surface area contributed by atoms with Gasteiger partial charge in [0.25, 0.3) is 5.91 Å². The van der Waals surface area contributed by atoms with Gasteiger partial charge in [-0.1, -0.05) is 0 Å². The number of pyridine rings is 1. The molecule has 2 aromatic heterocycles. The summed E-state index contributed by atoms with van der Waals surface area (Å²) in [5.41, 5.74) is 0.913. The van der Waals surface area contributed by atoms with Crippen molar-refractivity contribution in [3.8, 4) is 0 Å². The van der Waals surface area contributed by atoms with Crippen LogP contribution in [0, 0.1) is 10.5 Å². The number of furan rings is 1. The van der Waals surface area contributed by atoms with Crippen molar-refractivity contribution in [2.24, 2.45) is 0 Å².